The van der Waals surface area contributed by atoms with Crippen LogP contribution in [-0.2, 0) is 4.74 Å². The van der Waals surface area contributed by atoms with Crippen molar-refractivity contribution in [1.82, 2.24) is 5.32 Å². The van der Waals surface area contributed by atoms with Crippen LogP contribution in [0.5, 0.6) is 0 Å². The summed E-state index contributed by atoms with van der Waals surface area (Å²) < 4.78 is 5.04. The summed E-state index contributed by atoms with van der Waals surface area (Å²) in [6.45, 7) is 9.89. The molecule has 1 atom stereocenters. The lowest BCUT2D eigenvalue weighted by atomic mass is 9.82. The molecule has 1 unspecified atom stereocenters. The molecule has 0 bridgehead atoms. The van der Waals surface area contributed by atoms with Crippen molar-refractivity contribution in [2.24, 2.45) is 5.41 Å². The highest BCUT2D eigenvalue weighted by molar-refractivity contribution is 4.75. The minimum absolute atomic E-state index is 0.474. The van der Waals surface area contributed by atoms with Crippen LogP contribution in [0, 0.1) is 5.41 Å². The van der Waals surface area contributed by atoms with E-state index in [9.17, 15) is 0 Å². The first kappa shape index (κ1) is 15.9. The van der Waals surface area contributed by atoms with E-state index in [1.54, 1.807) is 7.11 Å². The zero-order chi connectivity index (χ0) is 12.3. The Hall–Kier alpha value is -0.0800. The van der Waals surface area contributed by atoms with Crippen molar-refractivity contribution >= 4 is 0 Å². The highest BCUT2D eigenvalue weighted by Gasteiger charge is 2.20. The summed E-state index contributed by atoms with van der Waals surface area (Å²) >= 11 is 0. The van der Waals surface area contributed by atoms with Gasteiger partial charge in [0, 0.05) is 20.2 Å². The summed E-state index contributed by atoms with van der Waals surface area (Å²) in [5.41, 5.74) is 0.474. The molecule has 2 nitrogen and oxygen atoms in total. The number of hydrogen-bond acceptors (Lipinski definition) is 2. The molecule has 0 aliphatic heterocycles. The third kappa shape index (κ3) is 8.12. The summed E-state index contributed by atoms with van der Waals surface area (Å²) in [4.78, 5) is 0. The third-order valence-electron chi connectivity index (χ3n) is 3.52. The Morgan fingerprint density at radius 1 is 1.12 bits per heavy atom. The van der Waals surface area contributed by atoms with E-state index in [0.717, 1.165) is 19.7 Å². The zero-order valence-electron chi connectivity index (χ0n) is 11.8. The van der Waals surface area contributed by atoms with Crippen molar-refractivity contribution in [2.75, 3.05) is 26.8 Å². The van der Waals surface area contributed by atoms with Gasteiger partial charge < -0.3 is 10.1 Å². The van der Waals surface area contributed by atoms with Crippen molar-refractivity contribution in [1.29, 1.82) is 0 Å². The van der Waals surface area contributed by atoms with Crippen molar-refractivity contribution < 1.29 is 4.74 Å². The monoisotopic (exact) mass is 229 g/mol. The topological polar surface area (TPSA) is 21.3 Å². The van der Waals surface area contributed by atoms with Crippen molar-refractivity contribution in [3.8, 4) is 0 Å². The minimum atomic E-state index is 0.474. The quantitative estimate of drug-likeness (QED) is 0.546. The Morgan fingerprint density at radius 3 is 2.44 bits per heavy atom. The van der Waals surface area contributed by atoms with Gasteiger partial charge in [0.05, 0.1) is 6.61 Å². The maximum absolute atomic E-state index is 5.04. The SMILES string of the molecule is CCCCCCC(C)(CC)CNCCOC. The number of nitrogens with one attached hydrogen (secondary N) is 1. The second-order valence-corrected chi connectivity index (χ2v) is 5.14. The number of unbranched alkanes of at least 4 members (excludes halogenated alkanes) is 3. The highest BCUT2D eigenvalue weighted by Crippen LogP contribution is 2.27. The maximum atomic E-state index is 5.04. The van der Waals surface area contributed by atoms with Crippen LogP contribution in [0.15, 0.2) is 0 Å². The molecule has 0 saturated heterocycles. The molecule has 0 aromatic rings. The Kier molecular flexibility index (Phi) is 10.0. The number of hydrogen-bond donors (Lipinski definition) is 1. The molecule has 0 spiro atoms. The van der Waals surface area contributed by atoms with E-state index in [4.69, 9.17) is 4.74 Å². The van der Waals surface area contributed by atoms with E-state index < -0.39 is 0 Å². The summed E-state index contributed by atoms with van der Waals surface area (Å²) in [6, 6.07) is 0. The van der Waals surface area contributed by atoms with Crippen LogP contribution in [0.2, 0.25) is 0 Å². The van der Waals surface area contributed by atoms with Crippen LogP contribution >= 0.6 is 0 Å². The number of rotatable bonds is 11. The Balaban J connectivity index is 3.64. The van der Waals surface area contributed by atoms with Gasteiger partial charge in [-0.05, 0) is 18.3 Å². The highest BCUT2D eigenvalue weighted by atomic mass is 16.5. The molecule has 2 heteroatoms. The maximum Gasteiger partial charge on any atom is 0.0587 e. The second kappa shape index (κ2) is 10.1. The first-order valence-corrected chi connectivity index (χ1v) is 6.88. The van der Waals surface area contributed by atoms with Gasteiger partial charge in [-0.3, -0.25) is 0 Å². The lowest BCUT2D eigenvalue weighted by Gasteiger charge is -2.28. The molecule has 98 valence electrons. The lowest BCUT2D eigenvalue weighted by molar-refractivity contribution is 0.188. The van der Waals surface area contributed by atoms with E-state index >= 15 is 0 Å². The zero-order valence-corrected chi connectivity index (χ0v) is 11.8. The van der Waals surface area contributed by atoms with Gasteiger partial charge >= 0.3 is 0 Å². The van der Waals surface area contributed by atoms with Crippen LogP contribution in [0.25, 0.3) is 0 Å². The summed E-state index contributed by atoms with van der Waals surface area (Å²) in [7, 11) is 1.76. The Labute approximate surface area is 102 Å². The molecule has 0 aliphatic carbocycles. The number of methoxy groups -OCH3 is 1. The Bertz CT molecular complexity index is 136. The largest absolute Gasteiger partial charge is 0.383 e. The fourth-order valence-corrected chi connectivity index (χ4v) is 1.93. The van der Waals surface area contributed by atoms with Crippen molar-refractivity contribution in [3.05, 3.63) is 0 Å². The van der Waals surface area contributed by atoms with Gasteiger partial charge in [-0.2, -0.15) is 0 Å². The van der Waals surface area contributed by atoms with Crippen molar-refractivity contribution in [3.63, 3.8) is 0 Å². The van der Waals surface area contributed by atoms with Gasteiger partial charge in [0.25, 0.3) is 0 Å². The molecule has 0 amide bonds. The molecule has 0 heterocycles. The summed E-state index contributed by atoms with van der Waals surface area (Å²) in [5.74, 6) is 0. The normalized spacial score (nSPS) is 15.0. The van der Waals surface area contributed by atoms with E-state index in [0.29, 0.717) is 5.41 Å². The number of ether oxygens (including phenoxy) is 1. The standard InChI is InChI=1S/C14H31NO/c1-5-7-8-9-10-14(3,6-2)13-15-11-12-16-4/h15H,5-13H2,1-4H3. The average Bonchev–Trinajstić information content (AvgIpc) is 2.31. The van der Waals surface area contributed by atoms with E-state index in [1.165, 1.54) is 38.5 Å². The molecule has 0 fully saturated rings. The van der Waals surface area contributed by atoms with Crippen LogP contribution in [0.1, 0.15) is 59.3 Å². The summed E-state index contributed by atoms with van der Waals surface area (Å²) in [6.07, 6.45) is 8.10. The molecular formula is C14H31NO. The van der Waals surface area contributed by atoms with Crippen LogP contribution in [-0.4, -0.2) is 26.8 Å². The molecule has 0 aliphatic rings. The molecule has 1 N–H and O–H groups in total. The molecule has 0 aromatic heterocycles. The van der Waals surface area contributed by atoms with Crippen LogP contribution in [0.3, 0.4) is 0 Å². The molecule has 16 heavy (non-hydrogen) atoms. The molecule has 0 aromatic carbocycles. The second-order valence-electron chi connectivity index (χ2n) is 5.14. The lowest BCUT2D eigenvalue weighted by Crippen LogP contribution is -2.33. The van der Waals surface area contributed by atoms with Crippen LogP contribution < -0.4 is 5.32 Å². The van der Waals surface area contributed by atoms with Gasteiger partial charge in [-0.15, -0.1) is 0 Å². The van der Waals surface area contributed by atoms with E-state index in [1.807, 2.05) is 0 Å². The predicted molar refractivity (Wildman–Crippen MR) is 71.9 cm³/mol. The van der Waals surface area contributed by atoms with Crippen molar-refractivity contribution in [2.45, 2.75) is 59.3 Å². The fourth-order valence-electron chi connectivity index (χ4n) is 1.93. The molecule has 0 saturated carbocycles. The third-order valence-corrected chi connectivity index (χ3v) is 3.52. The van der Waals surface area contributed by atoms with Gasteiger partial charge in [0.15, 0.2) is 0 Å². The van der Waals surface area contributed by atoms with E-state index in [-0.39, 0.29) is 0 Å². The minimum Gasteiger partial charge on any atom is -0.383 e. The first-order valence-electron chi connectivity index (χ1n) is 6.88. The first-order chi connectivity index (χ1) is 7.68. The van der Waals surface area contributed by atoms with Gasteiger partial charge in [0.1, 0.15) is 0 Å². The van der Waals surface area contributed by atoms with Gasteiger partial charge in [-0.1, -0.05) is 46.5 Å². The fraction of sp³-hybridized carbons (Fsp3) is 1.00. The molecule has 0 rings (SSSR count). The molecule has 0 radical (unpaired) electrons. The summed E-state index contributed by atoms with van der Waals surface area (Å²) in [5, 5.41) is 3.49. The Morgan fingerprint density at radius 2 is 1.88 bits per heavy atom. The molecular weight excluding hydrogens is 198 g/mol. The predicted octanol–water partition coefficient (Wildman–Crippen LogP) is 3.61. The van der Waals surface area contributed by atoms with Gasteiger partial charge in [-0.25, -0.2) is 0 Å². The smallest absolute Gasteiger partial charge is 0.0587 e. The van der Waals surface area contributed by atoms with Gasteiger partial charge in [0.2, 0.25) is 0 Å². The van der Waals surface area contributed by atoms with Crippen LogP contribution in [0.4, 0.5) is 0 Å². The average molecular weight is 229 g/mol. The van der Waals surface area contributed by atoms with E-state index in [2.05, 4.69) is 26.1 Å².